The molecule has 1 heterocycles. The number of aliphatic carboxylic acids is 1. The van der Waals surface area contributed by atoms with E-state index in [1.807, 2.05) is 60.3 Å². The molecule has 0 aliphatic heterocycles. The van der Waals surface area contributed by atoms with Crippen molar-refractivity contribution in [2.24, 2.45) is 0 Å². The smallest absolute Gasteiger partial charge is 0.548 e. The maximum atomic E-state index is 14.0. The molecular weight excluding hydrogens is 577 g/mol. The number of carboxylic acid groups (broad SMARTS) is 1. The molecule has 4 aromatic rings. The van der Waals surface area contributed by atoms with Gasteiger partial charge < -0.3 is 19.8 Å². The predicted molar refractivity (Wildman–Crippen MR) is 163 cm³/mol. The van der Waals surface area contributed by atoms with Crippen molar-refractivity contribution in [3.8, 4) is 11.1 Å². The third-order valence-electron chi connectivity index (χ3n) is 7.15. The number of imidazole rings is 1. The molecule has 0 bridgehead atoms. The van der Waals surface area contributed by atoms with E-state index in [4.69, 9.17) is 0 Å². The van der Waals surface area contributed by atoms with E-state index in [0.29, 0.717) is 42.1 Å². The van der Waals surface area contributed by atoms with Gasteiger partial charge in [-0.25, -0.2) is 13.8 Å². The molecule has 0 aliphatic rings. The van der Waals surface area contributed by atoms with Crippen LogP contribution in [0.4, 0.5) is 8.78 Å². The fraction of sp³-hybridized carbons (Fsp3) is 0.303. The van der Waals surface area contributed by atoms with Crippen LogP contribution in [0.3, 0.4) is 0 Å². The maximum Gasteiger partial charge on any atom is 1.00 e. The minimum atomic E-state index is -1.32. The number of aryl methyl sites for hydroxylation is 2. The Morgan fingerprint density at radius 3 is 2.41 bits per heavy atom. The Kier molecular flexibility index (Phi) is 13.7. The Bertz CT molecular complexity index is 1520. The third kappa shape index (κ3) is 10.1. The first-order valence-electron chi connectivity index (χ1n) is 14.1. The molecule has 0 fully saturated rings. The molecule has 0 saturated carbocycles. The zero-order valence-corrected chi connectivity index (χ0v) is 26.1. The van der Waals surface area contributed by atoms with Gasteiger partial charge in [0.1, 0.15) is 11.6 Å². The Morgan fingerprint density at radius 2 is 1.75 bits per heavy atom. The van der Waals surface area contributed by atoms with E-state index >= 15 is 0 Å². The summed E-state index contributed by atoms with van der Waals surface area (Å²) in [5.41, 5.74) is 4.25. The van der Waals surface area contributed by atoms with Crippen LogP contribution in [0.25, 0.3) is 11.1 Å². The van der Waals surface area contributed by atoms with Gasteiger partial charge in [0.25, 0.3) is 5.91 Å². The van der Waals surface area contributed by atoms with Crippen LogP contribution in [-0.4, -0.2) is 50.9 Å². The quantitative estimate of drug-likeness (QED) is 0.206. The Labute approximate surface area is 273 Å². The summed E-state index contributed by atoms with van der Waals surface area (Å²) in [5.74, 6) is -2.51. The number of benzene rings is 3. The van der Waals surface area contributed by atoms with Crippen molar-refractivity contribution in [3.05, 3.63) is 113 Å². The van der Waals surface area contributed by atoms with E-state index < -0.39 is 29.6 Å². The molecule has 7 nitrogen and oxygen atoms in total. The van der Waals surface area contributed by atoms with Gasteiger partial charge in [0.15, 0.2) is 0 Å². The summed E-state index contributed by atoms with van der Waals surface area (Å²) < 4.78 is 30.0. The zero-order valence-electron chi connectivity index (χ0n) is 25.3. The number of nitrogens with zero attached hydrogens (tertiary/aromatic N) is 3. The van der Waals surface area contributed by atoms with Gasteiger partial charge in [0.2, 0.25) is 0 Å². The van der Waals surface area contributed by atoms with Crippen molar-refractivity contribution in [1.82, 2.24) is 19.8 Å². The topological polar surface area (TPSA) is 90.3 Å². The van der Waals surface area contributed by atoms with Gasteiger partial charge in [-0.15, -0.1) is 0 Å². The Balaban J connectivity index is 0.00000529. The number of carbonyl (C=O) groups excluding carboxylic acids is 2. The molecule has 3 aromatic carbocycles. The zero-order chi connectivity index (χ0) is 30.8. The van der Waals surface area contributed by atoms with E-state index in [1.165, 1.54) is 23.9 Å². The van der Waals surface area contributed by atoms with Crippen molar-refractivity contribution in [3.63, 3.8) is 0 Å². The van der Waals surface area contributed by atoms with Gasteiger partial charge in [-0.05, 0) is 83.9 Å². The molecule has 0 radical (unpaired) electrons. The van der Waals surface area contributed by atoms with Crippen LogP contribution >= 0.6 is 11.8 Å². The molecule has 1 aromatic heterocycles. The number of amides is 1. The molecule has 11 heteroatoms. The van der Waals surface area contributed by atoms with Crippen molar-refractivity contribution in [1.29, 1.82) is 0 Å². The van der Waals surface area contributed by atoms with Crippen LogP contribution in [0, 0.1) is 18.6 Å². The molecule has 0 saturated heterocycles. The van der Waals surface area contributed by atoms with Gasteiger partial charge in [-0.3, -0.25) is 9.69 Å². The van der Waals surface area contributed by atoms with Gasteiger partial charge in [0, 0.05) is 50.2 Å². The standard InChI is InChI=1S/C33H36F2N4O3S.Li/c1-23-6-3-4-7-28(23)30-18-24(8-9-29(30)32(40)37-31(33(41)42)10-15-43-2)20-39(13-5-12-38-14-11-36-22-38)21-25-16-26(34)19-27(35)17-25;/h3-4,6-9,11,14,16-19,22,31H,5,10,12-13,15,20-21H2,1-2H3,(H,37,40)(H,41,42);/q;+1/p-1/t31-;/m0./s1. The molecule has 44 heavy (non-hydrogen) atoms. The molecule has 1 N–H and O–H groups in total. The molecule has 1 amide bonds. The number of carboxylic acids is 1. The first-order valence-corrected chi connectivity index (χ1v) is 15.5. The van der Waals surface area contributed by atoms with E-state index in [-0.39, 0.29) is 25.3 Å². The van der Waals surface area contributed by atoms with Crippen LogP contribution < -0.4 is 29.3 Å². The van der Waals surface area contributed by atoms with E-state index in [1.54, 1.807) is 18.6 Å². The van der Waals surface area contributed by atoms with Gasteiger partial charge in [0.05, 0.1) is 18.3 Å². The van der Waals surface area contributed by atoms with Gasteiger partial charge in [-0.2, -0.15) is 11.8 Å². The second kappa shape index (κ2) is 17.2. The molecule has 0 unspecified atom stereocenters. The monoisotopic (exact) mass is 612 g/mol. The summed E-state index contributed by atoms with van der Waals surface area (Å²) in [6, 6.07) is 15.6. The fourth-order valence-electron chi connectivity index (χ4n) is 5.03. The molecule has 0 spiro atoms. The minimum absolute atomic E-state index is 0. The Morgan fingerprint density at radius 1 is 1.02 bits per heavy atom. The van der Waals surface area contributed by atoms with Crippen LogP contribution in [0.1, 0.15) is 39.9 Å². The summed E-state index contributed by atoms with van der Waals surface area (Å²) in [4.78, 5) is 31.3. The maximum absolute atomic E-state index is 14.0. The van der Waals surface area contributed by atoms with Crippen molar-refractivity contribution < 1.29 is 42.3 Å². The van der Waals surface area contributed by atoms with Crippen LogP contribution in [-0.2, 0) is 24.4 Å². The summed E-state index contributed by atoms with van der Waals surface area (Å²) in [7, 11) is 0. The molecule has 0 aliphatic carbocycles. The number of thioether (sulfide) groups is 1. The van der Waals surface area contributed by atoms with E-state index in [2.05, 4.69) is 15.2 Å². The number of hydrogen-bond acceptors (Lipinski definition) is 6. The molecule has 4 rings (SSSR count). The van der Waals surface area contributed by atoms with Crippen molar-refractivity contribution in [2.75, 3.05) is 18.6 Å². The average Bonchev–Trinajstić information content (AvgIpc) is 3.48. The number of aromatic nitrogens is 2. The number of rotatable bonds is 15. The molecule has 226 valence electrons. The Hall–Kier alpha value is -3.42. The van der Waals surface area contributed by atoms with Gasteiger partial charge >= 0.3 is 18.9 Å². The van der Waals surface area contributed by atoms with Crippen LogP contribution in [0.5, 0.6) is 0 Å². The van der Waals surface area contributed by atoms with Crippen molar-refractivity contribution in [2.45, 2.75) is 45.4 Å². The second-order valence-electron chi connectivity index (χ2n) is 10.5. The van der Waals surface area contributed by atoms with Crippen LogP contribution in [0.15, 0.2) is 79.4 Å². The largest absolute Gasteiger partial charge is 1.00 e. The van der Waals surface area contributed by atoms with Crippen molar-refractivity contribution >= 4 is 23.6 Å². The number of halogens is 2. The van der Waals surface area contributed by atoms with Crippen LogP contribution in [0.2, 0.25) is 0 Å². The SMILES string of the molecule is CSCC[C@H](NC(=O)c1ccc(CN(CCCn2ccnc2)Cc2cc(F)cc(F)c2)cc1-c1ccccc1C)C(=O)[O-].[Li+]. The summed E-state index contributed by atoms with van der Waals surface area (Å²) >= 11 is 1.49. The molecule has 1 atom stereocenters. The molecular formula is C33H35F2LiN4O3S. The third-order valence-corrected chi connectivity index (χ3v) is 7.79. The number of hydrogen-bond donors (Lipinski definition) is 1. The predicted octanol–water partition coefficient (Wildman–Crippen LogP) is 1.83. The first kappa shape index (κ1) is 35.1. The number of nitrogens with one attached hydrogen (secondary N) is 1. The fourth-order valence-corrected chi connectivity index (χ4v) is 5.51. The van der Waals surface area contributed by atoms with E-state index in [0.717, 1.165) is 35.7 Å². The summed E-state index contributed by atoms with van der Waals surface area (Å²) in [5, 5.41) is 14.4. The summed E-state index contributed by atoms with van der Waals surface area (Å²) in [6.07, 6.45) is 8.25. The van der Waals surface area contributed by atoms with E-state index in [9.17, 15) is 23.5 Å². The normalized spacial score (nSPS) is 11.7. The second-order valence-corrected chi connectivity index (χ2v) is 11.4. The number of carbonyl (C=O) groups is 2. The minimum Gasteiger partial charge on any atom is -0.548 e. The first-order chi connectivity index (χ1) is 20.7. The summed E-state index contributed by atoms with van der Waals surface area (Å²) in [6.45, 7) is 4.10. The van der Waals surface area contributed by atoms with Gasteiger partial charge in [-0.1, -0.05) is 30.3 Å². The average molecular weight is 613 g/mol.